The molecule has 0 radical (unpaired) electrons. The van der Waals surface area contributed by atoms with Gasteiger partial charge >= 0.3 is 0 Å². The molecule has 2 N–H and O–H groups in total. The van der Waals surface area contributed by atoms with Gasteiger partial charge in [0.15, 0.2) is 0 Å². The summed E-state index contributed by atoms with van der Waals surface area (Å²) in [6.45, 7) is 6.28. The fourth-order valence-electron chi connectivity index (χ4n) is 2.22. The SMILES string of the molecule is CCCCOCC(O)CNC1(C)CCCC1. The molecule has 0 spiro atoms. The van der Waals surface area contributed by atoms with Crippen LogP contribution in [-0.4, -0.2) is 36.5 Å². The Morgan fingerprint density at radius 2 is 2.06 bits per heavy atom. The molecular formula is C13H27NO2. The maximum absolute atomic E-state index is 9.74. The number of nitrogens with one attached hydrogen (secondary N) is 1. The highest BCUT2D eigenvalue weighted by Gasteiger charge is 2.28. The van der Waals surface area contributed by atoms with Crippen molar-refractivity contribution in [3.63, 3.8) is 0 Å². The van der Waals surface area contributed by atoms with Crippen LogP contribution >= 0.6 is 0 Å². The van der Waals surface area contributed by atoms with E-state index in [1.165, 1.54) is 25.7 Å². The lowest BCUT2D eigenvalue weighted by atomic mass is 10.0. The molecule has 3 heteroatoms. The van der Waals surface area contributed by atoms with Crippen LogP contribution < -0.4 is 5.32 Å². The molecule has 1 saturated carbocycles. The van der Waals surface area contributed by atoms with Crippen molar-refractivity contribution in [1.82, 2.24) is 5.32 Å². The summed E-state index contributed by atoms with van der Waals surface area (Å²) in [6, 6.07) is 0. The van der Waals surface area contributed by atoms with Crippen molar-refractivity contribution in [3.8, 4) is 0 Å². The molecule has 0 aromatic rings. The molecule has 1 atom stereocenters. The molecule has 16 heavy (non-hydrogen) atoms. The molecule has 0 bridgehead atoms. The van der Waals surface area contributed by atoms with Gasteiger partial charge in [0, 0.05) is 18.7 Å². The van der Waals surface area contributed by atoms with Crippen LogP contribution in [0, 0.1) is 0 Å². The highest BCUT2D eigenvalue weighted by atomic mass is 16.5. The van der Waals surface area contributed by atoms with Crippen LogP contribution in [0.1, 0.15) is 52.4 Å². The van der Waals surface area contributed by atoms with Crippen LogP contribution in [0.4, 0.5) is 0 Å². The second-order valence-corrected chi connectivity index (χ2v) is 5.23. The van der Waals surface area contributed by atoms with Gasteiger partial charge in [-0.1, -0.05) is 26.2 Å². The largest absolute Gasteiger partial charge is 0.389 e. The predicted octanol–water partition coefficient (Wildman–Crippen LogP) is 2.09. The van der Waals surface area contributed by atoms with E-state index in [-0.39, 0.29) is 11.6 Å². The Labute approximate surface area is 99.6 Å². The molecule has 3 nitrogen and oxygen atoms in total. The van der Waals surface area contributed by atoms with Gasteiger partial charge in [0.2, 0.25) is 0 Å². The van der Waals surface area contributed by atoms with E-state index in [2.05, 4.69) is 19.2 Å². The van der Waals surface area contributed by atoms with E-state index in [4.69, 9.17) is 4.74 Å². The first kappa shape index (κ1) is 13.9. The van der Waals surface area contributed by atoms with Crippen LogP contribution in [0.25, 0.3) is 0 Å². The number of unbranched alkanes of at least 4 members (excludes halogenated alkanes) is 1. The van der Waals surface area contributed by atoms with Crippen LogP contribution in [0.15, 0.2) is 0 Å². The van der Waals surface area contributed by atoms with Gasteiger partial charge in [0.05, 0.1) is 12.7 Å². The third kappa shape index (κ3) is 5.28. The maximum atomic E-state index is 9.74. The van der Waals surface area contributed by atoms with E-state index < -0.39 is 0 Å². The monoisotopic (exact) mass is 229 g/mol. The molecule has 1 aliphatic carbocycles. The molecule has 96 valence electrons. The maximum Gasteiger partial charge on any atom is 0.0897 e. The fraction of sp³-hybridized carbons (Fsp3) is 1.00. The van der Waals surface area contributed by atoms with Gasteiger partial charge in [-0.05, 0) is 26.2 Å². The summed E-state index contributed by atoms with van der Waals surface area (Å²) in [6.07, 6.45) is 6.95. The standard InChI is InChI=1S/C13H27NO2/c1-3-4-9-16-11-12(15)10-14-13(2)7-5-6-8-13/h12,14-15H,3-11H2,1-2H3. The Kier molecular flexibility index (Phi) is 6.32. The molecule has 1 rings (SSSR count). The van der Waals surface area contributed by atoms with Crippen molar-refractivity contribution in [1.29, 1.82) is 0 Å². The van der Waals surface area contributed by atoms with Crippen molar-refractivity contribution in [3.05, 3.63) is 0 Å². The summed E-state index contributed by atoms with van der Waals surface area (Å²) in [5.74, 6) is 0. The summed E-state index contributed by atoms with van der Waals surface area (Å²) < 4.78 is 5.39. The van der Waals surface area contributed by atoms with Crippen molar-refractivity contribution >= 4 is 0 Å². The number of rotatable bonds is 8. The molecular weight excluding hydrogens is 202 g/mol. The van der Waals surface area contributed by atoms with Gasteiger partial charge in [-0.2, -0.15) is 0 Å². The molecule has 0 amide bonds. The first-order chi connectivity index (χ1) is 7.66. The van der Waals surface area contributed by atoms with Crippen LogP contribution in [0.5, 0.6) is 0 Å². The molecule has 1 aliphatic rings. The molecule has 0 aromatic heterocycles. The van der Waals surface area contributed by atoms with Gasteiger partial charge in [-0.3, -0.25) is 0 Å². The van der Waals surface area contributed by atoms with Gasteiger partial charge in [-0.25, -0.2) is 0 Å². The van der Waals surface area contributed by atoms with Gasteiger partial charge in [0.1, 0.15) is 0 Å². The molecule has 0 aliphatic heterocycles. The highest BCUT2D eigenvalue weighted by Crippen LogP contribution is 2.28. The number of aliphatic hydroxyl groups excluding tert-OH is 1. The Hall–Kier alpha value is -0.120. The second kappa shape index (κ2) is 7.25. The summed E-state index contributed by atoms with van der Waals surface area (Å²) in [7, 11) is 0. The lowest BCUT2D eigenvalue weighted by Gasteiger charge is -2.26. The third-order valence-electron chi connectivity index (χ3n) is 3.42. The van der Waals surface area contributed by atoms with E-state index in [0.717, 1.165) is 19.4 Å². The molecule has 0 heterocycles. The quantitative estimate of drug-likeness (QED) is 0.626. The molecule has 1 unspecified atom stereocenters. The van der Waals surface area contributed by atoms with Crippen molar-refractivity contribution in [2.75, 3.05) is 19.8 Å². The van der Waals surface area contributed by atoms with E-state index in [9.17, 15) is 5.11 Å². The summed E-state index contributed by atoms with van der Waals surface area (Å²) in [5.41, 5.74) is 0.254. The second-order valence-electron chi connectivity index (χ2n) is 5.23. The van der Waals surface area contributed by atoms with Crippen molar-refractivity contribution < 1.29 is 9.84 Å². The smallest absolute Gasteiger partial charge is 0.0897 e. The number of aliphatic hydroxyl groups is 1. The first-order valence-corrected chi connectivity index (χ1v) is 6.67. The van der Waals surface area contributed by atoms with E-state index >= 15 is 0 Å². The Balaban J connectivity index is 2.03. The minimum atomic E-state index is -0.366. The number of ether oxygens (including phenoxy) is 1. The lowest BCUT2D eigenvalue weighted by molar-refractivity contribution is 0.0322. The van der Waals surface area contributed by atoms with Gasteiger partial charge in [-0.15, -0.1) is 0 Å². The van der Waals surface area contributed by atoms with E-state index in [1.807, 2.05) is 0 Å². The number of hydrogen-bond acceptors (Lipinski definition) is 3. The Morgan fingerprint density at radius 3 is 2.69 bits per heavy atom. The van der Waals surface area contributed by atoms with Gasteiger partial charge in [0.25, 0.3) is 0 Å². The average Bonchev–Trinajstić information content (AvgIpc) is 2.70. The minimum absolute atomic E-state index is 0.254. The van der Waals surface area contributed by atoms with E-state index in [0.29, 0.717) is 13.2 Å². The number of hydrogen-bond donors (Lipinski definition) is 2. The molecule has 1 fully saturated rings. The van der Waals surface area contributed by atoms with E-state index in [1.54, 1.807) is 0 Å². The van der Waals surface area contributed by atoms with Crippen LogP contribution in [-0.2, 0) is 4.74 Å². The normalized spacial score (nSPS) is 21.2. The zero-order chi connectivity index (χ0) is 11.9. The van der Waals surface area contributed by atoms with Crippen LogP contribution in [0.3, 0.4) is 0 Å². The lowest BCUT2D eigenvalue weighted by Crippen LogP contribution is -2.44. The van der Waals surface area contributed by atoms with Gasteiger partial charge < -0.3 is 15.2 Å². The Bertz CT molecular complexity index is 179. The highest BCUT2D eigenvalue weighted by molar-refractivity contribution is 4.88. The topological polar surface area (TPSA) is 41.5 Å². The Morgan fingerprint density at radius 1 is 1.38 bits per heavy atom. The summed E-state index contributed by atoms with van der Waals surface area (Å²) in [5, 5.41) is 13.2. The summed E-state index contributed by atoms with van der Waals surface area (Å²) in [4.78, 5) is 0. The van der Waals surface area contributed by atoms with Crippen LogP contribution in [0.2, 0.25) is 0 Å². The molecule has 0 aromatic carbocycles. The first-order valence-electron chi connectivity index (χ1n) is 6.67. The minimum Gasteiger partial charge on any atom is -0.389 e. The zero-order valence-electron chi connectivity index (χ0n) is 10.8. The summed E-state index contributed by atoms with van der Waals surface area (Å²) >= 11 is 0. The van der Waals surface area contributed by atoms with Crippen molar-refractivity contribution in [2.45, 2.75) is 64.0 Å². The average molecular weight is 229 g/mol. The third-order valence-corrected chi connectivity index (χ3v) is 3.42. The predicted molar refractivity (Wildman–Crippen MR) is 66.6 cm³/mol. The molecule has 0 saturated heterocycles. The zero-order valence-corrected chi connectivity index (χ0v) is 10.8. The number of β-amino-alcohol motifs (C(OH)–C–C–N with tert-alkyl or cyclic N) is 1. The fourth-order valence-corrected chi connectivity index (χ4v) is 2.22. The van der Waals surface area contributed by atoms with Crippen molar-refractivity contribution in [2.24, 2.45) is 0 Å².